The predicted octanol–water partition coefficient (Wildman–Crippen LogP) is 3.31. The van der Waals surface area contributed by atoms with E-state index in [2.05, 4.69) is 4.99 Å². The quantitative estimate of drug-likeness (QED) is 0.367. The second kappa shape index (κ2) is 9.74. The molecule has 2 aromatic carbocycles. The molecule has 0 spiro atoms. The van der Waals surface area contributed by atoms with Crippen molar-refractivity contribution in [3.8, 4) is 11.5 Å². The van der Waals surface area contributed by atoms with Gasteiger partial charge >= 0.3 is 5.97 Å². The van der Waals surface area contributed by atoms with Gasteiger partial charge in [-0.2, -0.15) is 0 Å². The van der Waals surface area contributed by atoms with Crippen LogP contribution in [0.2, 0.25) is 0 Å². The summed E-state index contributed by atoms with van der Waals surface area (Å²) in [6.07, 6.45) is 3.89. The Morgan fingerprint density at radius 3 is 2.68 bits per heavy atom. The highest BCUT2D eigenvalue weighted by Gasteiger charge is 2.35. The van der Waals surface area contributed by atoms with Gasteiger partial charge in [-0.05, 0) is 44.2 Å². The van der Waals surface area contributed by atoms with E-state index < -0.39 is 12.0 Å². The van der Waals surface area contributed by atoms with Gasteiger partial charge in [-0.25, -0.2) is 9.79 Å². The molecule has 0 saturated heterocycles. The van der Waals surface area contributed by atoms with E-state index in [-0.39, 0.29) is 17.7 Å². The van der Waals surface area contributed by atoms with Crippen molar-refractivity contribution in [1.29, 1.82) is 0 Å². The molecule has 0 N–H and O–H groups in total. The standard InChI is InChI=1S/C28H27N3O5S/c1-6-36-27(33)24-16(2)29-28-31(25(24)20-14-18(34-4)11-12-22(20)35-5)26(32)23(37-28)13-17-15-30(3)21-10-8-7-9-19(17)21/h7-15,25H,6H2,1-5H3/b23-13-. The Balaban J connectivity index is 1.79. The highest BCUT2D eigenvalue weighted by Crippen LogP contribution is 2.37. The van der Waals surface area contributed by atoms with Gasteiger partial charge in [-0.15, -0.1) is 0 Å². The monoisotopic (exact) mass is 517 g/mol. The third-order valence-electron chi connectivity index (χ3n) is 6.46. The minimum atomic E-state index is -0.796. The summed E-state index contributed by atoms with van der Waals surface area (Å²) < 4.78 is 20.6. The van der Waals surface area contributed by atoms with Crippen LogP contribution in [-0.2, 0) is 16.6 Å². The summed E-state index contributed by atoms with van der Waals surface area (Å²) >= 11 is 1.29. The number of methoxy groups -OCH3 is 2. The summed E-state index contributed by atoms with van der Waals surface area (Å²) in [5.74, 6) is 0.569. The average molecular weight is 518 g/mol. The Bertz CT molecular complexity index is 1740. The van der Waals surface area contributed by atoms with Crippen LogP contribution in [0.25, 0.3) is 17.0 Å². The van der Waals surface area contributed by atoms with Crippen molar-refractivity contribution < 1.29 is 19.0 Å². The molecule has 2 aromatic heterocycles. The molecule has 8 nitrogen and oxygen atoms in total. The van der Waals surface area contributed by atoms with Crippen molar-refractivity contribution in [2.45, 2.75) is 19.9 Å². The Hall–Kier alpha value is -4.11. The summed E-state index contributed by atoms with van der Waals surface area (Å²) in [4.78, 5) is 32.3. The third-order valence-corrected chi connectivity index (χ3v) is 7.45. The van der Waals surface area contributed by atoms with E-state index >= 15 is 0 Å². The van der Waals surface area contributed by atoms with Crippen molar-refractivity contribution in [3.05, 3.63) is 90.7 Å². The number of ether oxygens (including phenoxy) is 3. The van der Waals surface area contributed by atoms with E-state index in [1.165, 1.54) is 11.3 Å². The maximum atomic E-state index is 14.0. The van der Waals surface area contributed by atoms with Crippen LogP contribution < -0.4 is 24.4 Å². The van der Waals surface area contributed by atoms with Crippen LogP contribution in [-0.4, -0.2) is 35.9 Å². The smallest absolute Gasteiger partial charge is 0.338 e. The summed E-state index contributed by atoms with van der Waals surface area (Å²) in [6.45, 7) is 3.70. The number of rotatable bonds is 6. The maximum Gasteiger partial charge on any atom is 0.338 e. The number of hydrogen-bond donors (Lipinski definition) is 0. The van der Waals surface area contributed by atoms with Crippen molar-refractivity contribution in [3.63, 3.8) is 0 Å². The fourth-order valence-corrected chi connectivity index (χ4v) is 5.81. The van der Waals surface area contributed by atoms with Gasteiger partial charge in [0.15, 0.2) is 4.80 Å². The number of carbonyl (C=O) groups is 1. The first-order valence-electron chi connectivity index (χ1n) is 11.8. The van der Waals surface area contributed by atoms with Crippen LogP contribution in [0.1, 0.15) is 31.0 Å². The first-order chi connectivity index (χ1) is 17.9. The number of aromatic nitrogens is 2. The van der Waals surface area contributed by atoms with Gasteiger partial charge in [0.05, 0.1) is 36.6 Å². The Labute approximate surface area is 217 Å². The molecule has 190 valence electrons. The van der Waals surface area contributed by atoms with E-state index in [9.17, 15) is 9.59 Å². The number of thiazole rings is 1. The third kappa shape index (κ3) is 4.15. The summed E-state index contributed by atoms with van der Waals surface area (Å²) in [7, 11) is 5.09. The Kier molecular flexibility index (Phi) is 6.47. The van der Waals surface area contributed by atoms with Gasteiger partial charge in [0.1, 0.15) is 17.5 Å². The van der Waals surface area contributed by atoms with Crippen molar-refractivity contribution >= 4 is 34.3 Å². The second-order valence-electron chi connectivity index (χ2n) is 8.62. The molecule has 3 heterocycles. The summed E-state index contributed by atoms with van der Waals surface area (Å²) in [5.41, 5.74) is 3.14. The molecule has 1 aliphatic heterocycles. The zero-order chi connectivity index (χ0) is 26.3. The molecule has 5 rings (SSSR count). The van der Waals surface area contributed by atoms with Gasteiger partial charge in [0.25, 0.3) is 5.56 Å². The zero-order valence-corrected chi connectivity index (χ0v) is 22.1. The average Bonchev–Trinajstić information content (AvgIpc) is 3.38. The number of hydrogen-bond acceptors (Lipinski definition) is 7. The van der Waals surface area contributed by atoms with E-state index in [0.717, 1.165) is 16.5 Å². The lowest BCUT2D eigenvalue weighted by Crippen LogP contribution is -2.40. The van der Waals surface area contributed by atoms with Crippen molar-refractivity contribution in [1.82, 2.24) is 9.13 Å². The van der Waals surface area contributed by atoms with E-state index in [1.54, 1.807) is 50.8 Å². The van der Waals surface area contributed by atoms with Crippen LogP contribution >= 0.6 is 11.3 Å². The van der Waals surface area contributed by atoms with Gasteiger partial charge < -0.3 is 18.8 Å². The molecule has 1 unspecified atom stereocenters. The lowest BCUT2D eigenvalue weighted by Gasteiger charge is -2.26. The first kappa shape index (κ1) is 24.6. The largest absolute Gasteiger partial charge is 0.497 e. The van der Waals surface area contributed by atoms with Crippen molar-refractivity contribution in [2.24, 2.45) is 12.0 Å². The molecular formula is C28H27N3O5S. The lowest BCUT2D eigenvalue weighted by atomic mass is 9.94. The normalized spacial score (nSPS) is 15.5. The van der Waals surface area contributed by atoms with Gasteiger partial charge in [0.2, 0.25) is 0 Å². The Morgan fingerprint density at radius 2 is 1.95 bits per heavy atom. The van der Waals surface area contributed by atoms with E-state index in [1.807, 2.05) is 48.2 Å². The highest BCUT2D eigenvalue weighted by molar-refractivity contribution is 7.07. The van der Waals surface area contributed by atoms with E-state index in [4.69, 9.17) is 14.2 Å². The number of fused-ring (bicyclic) bond motifs is 2. The Morgan fingerprint density at radius 1 is 1.16 bits per heavy atom. The first-order valence-corrected chi connectivity index (χ1v) is 12.6. The molecule has 0 aliphatic carbocycles. The molecule has 4 aromatic rings. The minimum absolute atomic E-state index is 0.198. The number of allylic oxidation sites excluding steroid dienone is 1. The van der Waals surface area contributed by atoms with Gasteiger partial charge in [0, 0.05) is 35.3 Å². The number of nitrogens with zero attached hydrogens (tertiary/aromatic N) is 3. The molecule has 0 radical (unpaired) electrons. The van der Waals surface area contributed by atoms with Crippen LogP contribution in [0.5, 0.6) is 11.5 Å². The maximum absolute atomic E-state index is 14.0. The number of aryl methyl sites for hydroxylation is 1. The number of esters is 1. The summed E-state index contributed by atoms with van der Waals surface area (Å²) in [5, 5.41) is 1.05. The number of carbonyl (C=O) groups excluding carboxylic acids is 1. The van der Waals surface area contributed by atoms with Gasteiger partial charge in [-0.3, -0.25) is 9.36 Å². The number of benzene rings is 2. The fourth-order valence-electron chi connectivity index (χ4n) is 4.77. The molecule has 0 fully saturated rings. The van der Waals surface area contributed by atoms with Crippen LogP contribution in [0.4, 0.5) is 0 Å². The predicted molar refractivity (Wildman–Crippen MR) is 143 cm³/mol. The second-order valence-corrected chi connectivity index (χ2v) is 9.63. The molecule has 1 aliphatic rings. The molecule has 1 atom stereocenters. The van der Waals surface area contributed by atoms with Crippen LogP contribution in [0.15, 0.2) is 69.7 Å². The molecule has 37 heavy (non-hydrogen) atoms. The minimum Gasteiger partial charge on any atom is -0.497 e. The molecule has 9 heteroatoms. The van der Waals surface area contributed by atoms with Crippen molar-refractivity contribution in [2.75, 3.05) is 20.8 Å². The summed E-state index contributed by atoms with van der Waals surface area (Å²) in [6, 6.07) is 12.6. The molecule has 0 saturated carbocycles. The van der Waals surface area contributed by atoms with Crippen LogP contribution in [0.3, 0.4) is 0 Å². The van der Waals surface area contributed by atoms with E-state index in [0.29, 0.717) is 32.1 Å². The molecule has 0 bridgehead atoms. The molecule has 0 amide bonds. The lowest BCUT2D eigenvalue weighted by molar-refractivity contribution is -0.139. The SMILES string of the molecule is CCOC(=O)C1=C(C)N=c2s/c(=C\c3cn(C)c4ccccc34)c(=O)n2C1c1cc(OC)ccc1OC. The molecular weight excluding hydrogens is 490 g/mol. The zero-order valence-electron chi connectivity index (χ0n) is 21.3. The topological polar surface area (TPSA) is 84.1 Å². The van der Waals surface area contributed by atoms with Crippen LogP contribution in [0, 0.1) is 0 Å². The fraction of sp³-hybridized carbons (Fsp3) is 0.250. The van der Waals surface area contributed by atoms with Gasteiger partial charge in [-0.1, -0.05) is 29.5 Å². The number of para-hydroxylation sites is 1. The highest BCUT2D eigenvalue weighted by atomic mass is 32.1.